The first kappa shape index (κ1) is 15.2. The molecule has 0 N–H and O–H groups in total. The summed E-state index contributed by atoms with van der Waals surface area (Å²) in [6.45, 7) is 5.23. The topological polar surface area (TPSA) is 48.4 Å². The van der Waals surface area contributed by atoms with Gasteiger partial charge in [-0.2, -0.15) is 0 Å². The van der Waals surface area contributed by atoms with E-state index >= 15 is 0 Å². The fraction of sp³-hybridized carbons (Fsp3) is 0.500. The van der Waals surface area contributed by atoms with Crippen LogP contribution < -0.4 is 0 Å². The van der Waals surface area contributed by atoms with Crippen molar-refractivity contribution in [3.05, 3.63) is 28.0 Å². The van der Waals surface area contributed by atoms with Crippen LogP contribution >= 0.6 is 23.2 Å². The Kier molecular flexibility index (Phi) is 6.39. The molecule has 0 aliphatic heterocycles. The fourth-order valence-corrected chi connectivity index (χ4v) is 1.47. The van der Waals surface area contributed by atoms with E-state index in [1.165, 1.54) is 12.1 Å². The fourth-order valence-electron chi connectivity index (χ4n) is 1.14. The zero-order valence-corrected chi connectivity index (χ0v) is 11.8. The number of pyridine rings is 1. The summed E-state index contributed by atoms with van der Waals surface area (Å²) >= 11 is 11.5. The molecular formula is C12H15Cl2NO3. The monoisotopic (exact) mass is 291 g/mol. The lowest BCUT2D eigenvalue weighted by Gasteiger charge is -2.08. The molecule has 1 rings (SSSR count). The molecule has 1 aromatic heterocycles. The Morgan fingerprint density at radius 1 is 1.33 bits per heavy atom. The Morgan fingerprint density at radius 2 is 2.06 bits per heavy atom. The zero-order chi connectivity index (χ0) is 13.5. The molecule has 0 fully saturated rings. The van der Waals surface area contributed by atoms with Gasteiger partial charge in [0.1, 0.15) is 11.8 Å². The number of rotatable bonds is 6. The molecule has 1 aromatic rings. The Labute approximate surface area is 116 Å². The van der Waals surface area contributed by atoms with E-state index in [1.54, 1.807) is 0 Å². The molecule has 0 radical (unpaired) electrons. The van der Waals surface area contributed by atoms with Crippen molar-refractivity contribution in [3.8, 4) is 0 Å². The number of nitrogens with zero attached hydrogens (tertiary/aromatic N) is 1. The van der Waals surface area contributed by atoms with E-state index in [1.807, 2.05) is 13.8 Å². The summed E-state index contributed by atoms with van der Waals surface area (Å²) in [5, 5.41) is 0.412. The van der Waals surface area contributed by atoms with Crippen LogP contribution in [0.4, 0.5) is 0 Å². The summed E-state index contributed by atoms with van der Waals surface area (Å²) in [6, 6.07) is 3.01. The third-order valence-corrected chi connectivity index (χ3v) is 2.43. The standard InChI is InChI=1S/C12H15Cl2NO3/c1-8(2)7-17-5-6-18-12(16)11-9(13)3-4-10(14)15-11/h3-4,8H,5-7H2,1-2H3. The number of esters is 1. The van der Waals surface area contributed by atoms with E-state index in [9.17, 15) is 4.79 Å². The van der Waals surface area contributed by atoms with E-state index < -0.39 is 5.97 Å². The maximum atomic E-state index is 11.6. The Balaban J connectivity index is 2.39. The molecule has 100 valence electrons. The first-order valence-corrected chi connectivity index (χ1v) is 6.33. The van der Waals surface area contributed by atoms with Crippen LogP contribution in [0.25, 0.3) is 0 Å². The highest BCUT2D eigenvalue weighted by molar-refractivity contribution is 6.34. The molecule has 0 aliphatic rings. The van der Waals surface area contributed by atoms with Crippen LogP contribution in [0.1, 0.15) is 24.3 Å². The number of ether oxygens (including phenoxy) is 2. The predicted molar refractivity (Wildman–Crippen MR) is 70.2 cm³/mol. The normalized spacial score (nSPS) is 10.7. The van der Waals surface area contributed by atoms with Gasteiger partial charge in [0.05, 0.1) is 11.6 Å². The highest BCUT2D eigenvalue weighted by Crippen LogP contribution is 2.17. The minimum Gasteiger partial charge on any atom is -0.458 e. The van der Waals surface area contributed by atoms with Crippen LogP contribution in [0.5, 0.6) is 0 Å². The van der Waals surface area contributed by atoms with Crippen molar-refractivity contribution in [1.82, 2.24) is 4.98 Å². The van der Waals surface area contributed by atoms with Gasteiger partial charge in [0.2, 0.25) is 0 Å². The molecule has 0 saturated heterocycles. The molecule has 4 nitrogen and oxygen atoms in total. The van der Waals surface area contributed by atoms with E-state index in [0.717, 1.165) is 0 Å². The second-order valence-corrected chi connectivity index (χ2v) is 4.86. The highest BCUT2D eigenvalue weighted by Gasteiger charge is 2.14. The number of hydrogen-bond acceptors (Lipinski definition) is 4. The molecular weight excluding hydrogens is 277 g/mol. The number of halogens is 2. The minimum atomic E-state index is -0.601. The molecule has 0 amide bonds. The first-order valence-electron chi connectivity index (χ1n) is 5.57. The molecule has 1 heterocycles. The summed E-state index contributed by atoms with van der Waals surface area (Å²) < 4.78 is 10.3. The number of carbonyl (C=O) groups is 1. The van der Waals surface area contributed by atoms with Gasteiger partial charge < -0.3 is 9.47 Å². The van der Waals surface area contributed by atoms with Crippen molar-refractivity contribution in [2.75, 3.05) is 19.8 Å². The van der Waals surface area contributed by atoms with Crippen LogP contribution in [0.15, 0.2) is 12.1 Å². The highest BCUT2D eigenvalue weighted by atomic mass is 35.5. The zero-order valence-electron chi connectivity index (χ0n) is 10.3. The van der Waals surface area contributed by atoms with Crippen molar-refractivity contribution in [2.24, 2.45) is 5.92 Å². The largest absolute Gasteiger partial charge is 0.458 e. The first-order chi connectivity index (χ1) is 8.50. The van der Waals surface area contributed by atoms with Crippen LogP contribution in [0.2, 0.25) is 10.2 Å². The molecule has 0 atom stereocenters. The number of carbonyl (C=O) groups excluding carboxylic acids is 1. The van der Waals surface area contributed by atoms with Crippen molar-refractivity contribution >= 4 is 29.2 Å². The summed E-state index contributed by atoms with van der Waals surface area (Å²) in [4.78, 5) is 15.4. The molecule has 6 heteroatoms. The third kappa shape index (κ3) is 5.21. The minimum absolute atomic E-state index is 0.0213. The van der Waals surface area contributed by atoms with Gasteiger partial charge in [0, 0.05) is 6.61 Å². The van der Waals surface area contributed by atoms with Gasteiger partial charge in [-0.1, -0.05) is 37.0 Å². The van der Waals surface area contributed by atoms with Gasteiger partial charge in [-0.25, -0.2) is 9.78 Å². The summed E-state index contributed by atoms with van der Waals surface area (Å²) in [5.41, 5.74) is 0.0213. The second kappa shape index (κ2) is 7.56. The summed E-state index contributed by atoms with van der Waals surface area (Å²) in [5.74, 6) is -0.152. The smallest absolute Gasteiger partial charge is 0.358 e. The maximum absolute atomic E-state index is 11.6. The third-order valence-electron chi connectivity index (χ3n) is 1.92. The van der Waals surface area contributed by atoms with Gasteiger partial charge >= 0.3 is 5.97 Å². The lowest BCUT2D eigenvalue weighted by Crippen LogP contribution is -2.14. The van der Waals surface area contributed by atoms with E-state index in [2.05, 4.69) is 4.98 Å². The second-order valence-electron chi connectivity index (χ2n) is 4.07. The van der Waals surface area contributed by atoms with Gasteiger partial charge in [-0.15, -0.1) is 0 Å². The van der Waals surface area contributed by atoms with Crippen LogP contribution in [0.3, 0.4) is 0 Å². The lowest BCUT2D eigenvalue weighted by atomic mass is 10.2. The van der Waals surface area contributed by atoms with E-state index in [0.29, 0.717) is 19.1 Å². The molecule has 18 heavy (non-hydrogen) atoms. The molecule has 0 aromatic carbocycles. The maximum Gasteiger partial charge on any atom is 0.358 e. The number of hydrogen-bond donors (Lipinski definition) is 0. The summed E-state index contributed by atoms with van der Waals surface area (Å²) in [6.07, 6.45) is 0. The Hall–Kier alpha value is -0.840. The quantitative estimate of drug-likeness (QED) is 0.459. The molecule has 0 bridgehead atoms. The van der Waals surface area contributed by atoms with Gasteiger partial charge in [0.25, 0.3) is 0 Å². The Bertz CT molecular complexity index is 410. The van der Waals surface area contributed by atoms with E-state index in [4.69, 9.17) is 32.7 Å². The van der Waals surface area contributed by atoms with Gasteiger partial charge in [-0.05, 0) is 18.1 Å². The molecule has 0 aliphatic carbocycles. The SMILES string of the molecule is CC(C)COCCOC(=O)c1nc(Cl)ccc1Cl. The van der Waals surface area contributed by atoms with Gasteiger partial charge in [-0.3, -0.25) is 0 Å². The van der Waals surface area contributed by atoms with Crippen molar-refractivity contribution in [1.29, 1.82) is 0 Å². The van der Waals surface area contributed by atoms with Crippen LogP contribution in [0, 0.1) is 5.92 Å². The van der Waals surface area contributed by atoms with Crippen LogP contribution in [-0.4, -0.2) is 30.8 Å². The lowest BCUT2D eigenvalue weighted by molar-refractivity contribution is 0.0272. The molecule has 0 spiro atoms. The van der Waals surface area contributed by atoms with Crippen molar-refractivity contribution in [2.45, 2.75) is 13.8 Å². The predicted octanol–water partition coefficient (Wildman–Crippen LogP) is 3.22. The average Bonchev–Trinajstić information content (AvgIpc) is 2.31. The molecule has 0 unspecified atom stereocenters. The Morgan fingerprint density at radius 3 is 2.72 bits per heavy atom. The summed E-state index contributed by atoms with van der Waals surface area (Å²) in [7, 11) is 0. The van der Waals surface area contributed by atoms with Crippen LogP contribution in [-0.2, 0) is 9.47 Å². The van der Waals surface area contributed by atoms with Crippen molar-refractivity contribution < 1.29 is 14.3 Å². The average molecular weight is 292 g/mol. The number of aromatic nitrogens is 1. The van der Waals surface area contributed by atoms with E-state index in [-0.39, 0.29) is 22.5 Å². The van der Waals surface area contributed by atoms with Gasteiger partial charge in [0.15, 0.2) is 5.69 Å². The molecule has 0 saturated carbocycles. The van der Waals surface area contributed by atoms with Crippen molar-refractivity contribution in [3.63, 3.8) is 0 Å².